The second kappa shape index (κ2) is 16.7. The molecule has 0 radical (unpaired) electrons. The zero-order chi connectivity index (χ0) is 28.7. The number of hydrogen-bond donors (Lipinski definition) is 9. The summed E-state index contributed by atoms with van der Waals surface area (Å²) in [6, 6.07) is -5.28. The van der Waals surface area contributed by atoms with Gasteiger partial charge in [-0.3, -0.25) is 29.0 Å². The van der Waals surface area contributed by atoms with Gasteiger partial charge >= 0.3 is 11.9 Å². The third-order valence-electron chi connectivity index (χ3n) is 5.40. The molecule has 5 unspecified atom stereocenters. The van der Waals surface area contributed by atoms with Gasteiger partial charge in [-0.05, 0) is 25.2 Å². The first-order chi connectivity index (χ1) is 17.2. The Labute approximate surface area is 214 Å². The molecule has 13 N–H and O–H groups in total. The Hall–Kier alpha value is -3.95. The summed E-state index contributed by atoms with van der Waals surface area (Å²) in [6.07, 6.45) is -0.564. The number of primary amides is 1. The fourth-order valence-corrected chi connectivity index (χ4v) is 3.09. The second-order valence-corrected chi connectivity index (χ2v) is 8.49. The number of carbonyl (C=O) groups is 6. The minimum Gasteiger partial charge on any atom is -0.481 e. The zero-order valence-electron chi connectivity index (χ0n) is 20.9. The summed E-state index contributed by atoms with van der Waals surface area (Å²) in [6.45, 7) is 3.52. The van der Waals surface area contributed by atoms with E-state index in [0.717, 1.165) is 0 Å². The first kappa shape index (κ1) is 33.0. The molecule has 16 nitrogen and oxygen atoms in total. The van der Waals surface area contributed by atoms with Gasteiger partial charge in [0.25, 0.3) is 0 Å². The van der Waals surface area contributed by atoms with Crippen molar-refractivity contribution >= 4 is 41.5 Å². The molecule has 0 fully saturated rings. The molecule has 0 aromatic rings. The SMILES string of the molecule is CCC(C)C(NC(=O)C(N)CC(=O)O)C(=O)NC(CCCN=C(N)N)C(=O)NC(CCC(N)=O)C(=O)O. The minimum absolute atomic E-state index is 0.00376. The molecular formula is C21H38N8O8. The smallest absolute Gasteiger partial charge is 0.326 e. The molecule has 0 saturated heterocycles. The average Bonchev–Trinajstić information content (AvgIpc) is 2.79. The Morgan fingerprint density at radius 1 is 0.865 bits per heavy atom. The van der Waals surface area contributed by atoms with Crippen molar-refractivity contribution in [1.29, 1.82) is 0 Å². The number of carboxylic acids is 2. The molecule has 0 saturated carbocycles. The number of aliphatic imine (C=N–C) groups is 1. The lowest BCUT2D eigenvalue weighted by molar-refractivity contribution is -0.142. The predicted octanol–water partition coefficient (Wildman–Crippen LogP) is -3.31. The third-order valence-corrected chi connectivity index (χ3v) is 5.40. The first-order valence-electron chi connectivity index (χ1n) is 11.6. The van der Waals surface area contributed by atoms with E-state index in [0.29, 0.717) is 6.42 Å². The van der Waals surface area contributed by atoms with Crippen LogP contribution in [0.4, 0.5) is 0 Å². The van der Waals surface area contributed by atoms with Crippen LogP contribution in [0.2, 0.25) is 0 Å². The molecule has 0 rings (SSSR count). The highest BCUT2D eigenvalue weighted by Crippen LogP contribution is 2.11. The van der Waals surface area contributed by atoms with Gasteiger partial charge in [0.2, 0.25) is 23.6 Å². The number of nitrogens with zero attached hydrogens (tertiary/aromatic N) is 1. The lowest BCUT2D eigenvalue weighted by Crippen LogP contribution is -2.58. The summed E-state index contributed by atoms with van der Waals surface area (Å²) in [5.41, 5.74) is 21.2. The molecule has 0 heterocycles. The molecule has 16 heteroatoms. The molecule has 0 aliphatic rings. The molecule has 0 aliphatic carbocycles. The van der Waals surface area contributed by atoms with Crippen LogP contribution in [0.1, 0.15) is 52.4 Å². The lowest BCUT2D eigenvalue weighted by Gasteiger charge is -2.28. The second-order valence-electron chi connectivity index (χ2n) is 8.49. The fourth-order valence-electron chi connectivity index (χ4n) is 3.09. The van der Waals surface area contributed by atoms with Gasteiger partial charge in [0.1, 0.15) is 18.1 Å². The molecule has 0 bridgehead atoms. The monoisotopic (exact) mass is 530 g/mol. The van der Waals surface area contributed by atoms with Crippen LogP contribution in [-0.4, -0.2) is 82.5 Å². The van der Waals surface area contributed by atoms with E-state index in [1.807, 2.05) is 0 Å². The van der Waals surface area contributed by atoms with Crippen molar-refractivity contribution in [3.05, 3.63) is 0 Å². The highest BCUT2D eigenvalue weighted by Gasteiger charge is 2.32. The molecule has 4 amide bonds. The molecule has 0 aliphatic heterocycles. The van der Waals surface area contributed by atoms with E-state index >= 15 is 0 Å². The summed E-state index contributed by atoms with van der Waals surface area (Å²) in [5, 5.41) is 25.4. The van der Waals surface area contributed by atoms with E-state index < -0.39 is 72.1 Å². The van der Waals surface area contributed by atoms with E-state index in [9.17, 15) is 33.9 Å². The maximum atomic E-state index is 13.1. The number of amides is 4. The number of nitrogens with one attached hydrogen (secondary N) is 3. The Bertz CT molecular complexity index is 861. The van der Waals surface area contributed by atoms with Crippen LogP contribution in [0.5, 0.6) is 0 Å². The van der Waals surface area contributed by atoms with E-state index in [-0.39, 0.29) is 38.2 Å². The topological polar surface area (TPSA) is 295 Å². The highest BCUT2D eigenvalue weighted by atomic mass is 16.4. The van der Waals surface area contributed by atoms with Crippen molar-refractivity contribution in [3.8, 4) is 0 Å². The molecule has 0 aromatic carbocycles. The maximum Gasteiger partial charge on any atom is 0.326 e. The van der Waals surface area contributed by atoms with Crippen molar-refractivity contribution in [2.45, 2.75) is 76.5 Å². The first-order valence-corrected chi connectivity index (χ1v) is 11.6. The Morgan fingerprint density at radius 2 is 1.46 bits per heavy atom. The van der Waals surface area contributed by atoms with Crippen LogP contribution >= 0.6 is 0 Å². The molecule has 0 spiro atoms. The molecule has 37 heavy (non-hydrogen) atoms. The number of aliphatic carboxylic acids is 2. The van der Waals surface area contributed by atoms with Crippen LogP contribution in [0.25, 0.3) is 0 Å². The zero-order valence-corrected chi connectivity index (χ0v) is 20.9. The van der Waals surface area contributed by atoms with Gasteiger partial charge in [-0.15, -0.1) is 0 Å². The van der Waals surface area contributed by atoms with Crippen LogP contribution in [0.3, 0.4) is 0 Å². The van der Waals surface area contributed by atoms with Gasteiger partial charge in [-0.25, -0.2) is 4.79 Å². The summed E-state index contributed by atoms with van der Waals surface area (Å²) < 4.78 is 0. The van der Waals surface area contributed by atoms with Crippen LogP contribution < -0.4 is 38.9 Å². The summed E-state index contributed by atoms with van der Waals surface area (Å²) in [7, 11) is 0. The average molecular weight is 531 g/mol. The van der Waals surface area contributed by atoms with Gasteiger partial charge in [0, 0.05) is 13.0 Å². The van der Waals surface area contributed by atoms with Crippen molar-refractivity contribution < 1.29 is 39.0 Å². The summed E-state index contributed by atoms with van der Waals surface area (Å²) in [4.78, 5) is 75.6. The Balaban J connectivity index is 5.72. The van der Waals surface area contributed by atoms with Crippen molar-refractivity contribution in [2.24, 2.45) is 33.8 Å². The minimum atomic E-state index is -1.45. The van der Waals surface area contributed by atoms with Gasteiger partial charge in [0.15, 0.2) is 5.96 Å². The number of rotatable bonds is 18. The standard InChI is InChI=1S/C21H38N8O8/c1-3-10(2)16(29-17(33)11(22)9-15(31)32)19(35)27-12(5-4-8-26-21(24)25)18(34)28-13(20(36)37)6-7-14(23)30/h10-13,16H,3-9,22H2,1-2H3,(H2,23,30)(H,27,35)(H,28,34)(H,29,33)(H,31,32)(H,36,37)(H4,24,25,26). The van der Waals surface area contributed by atoms with E-state index in [1.165, 1.54) is 0 Å². The quantitative estimate of drug-likeness (QED) is 0.0480. The highest BCUT2D eigenvalue weighted by molar-refractivity contribution is 5.95. The van der Waals surface area contributed by atoms with Crippen LogP contribution in [0, 0.1) is 5.92 Å². The van der Waals surface area contributed by atoms with Crippen molar-refractivity contribution in [1.82, 2.24) is 16.0 Å². The van der Waals surface area contributed by atoms with E-state index in [2.05, 4.69) is 20.9 Å². The predicted molar refractivity (Wildman–Crippen MR) is 131 cm³/mol. The van der Waals surface area contributed by atoms with Crippen molar-refractivity contribution in [2.75, 3.05) is 6.54 Å². The molecule has 210 valence electrons. The number of carboxylic acid groups (broad SMARTS) is 2. The fraction of sp³-hybridized carbons (Fsp3) is 0.667. The maximum absolute atomic E-state index is 13.1. The number of nitrogens with two attached hydrogens (primary N) is 4. The van der Waals surface area contributed by atoms with Gasteiger partial charge in [0.05, 0.1) is 12.5 Å². The van der Waals surface area contributed by atoms with Gasteiger partial charge < -0.3 is 49.1 Å². The normalized spacial score (nSPS) is 14.7. The summed E-state index contributed by atoms with van der Waals surface area (Å²) in [5.74, 6) is -6.56. The molecular weight excluding hydrogens is 492 g/mol. The van der Waals surface area contributed by atoms with Crippen LogP contribution in [-0.2, 0) is 28.8 Å². The third kappa shape index (κ3) is 13.6. The summed E-state index contributed by atoms with van der Waals surface area (Å²) >= 11 is 0. The van der Waals surface area contributed by atoms with E-state index in [1.54, 1.807) is 13.8 Å². The number of carbonyl (C=O) groups excluding carboxylic acids is 4. The van der Waals surface area contributed by atoms with Crippen LogP contribution in [0.15, 0.2) is 4.99 Å². The van der Waals surface area contributed by atoms with Gasteiger partial charge in [-0.1, -0.05) is 20.3 Å². The van der Waals surface area contributed by atoms with Gasteiger partial charge in [-0.2, -0.15) is 0 Å². The lowest BCUT2D eigenvalue weighted by atomic mass is 9.97. The Morgan fingerprint density at radius 3 is 1.95 bits per heavy atom. The number of hydrogen-bond acceptors (Lipinski definition) is 8. The molecule has 0 aromatic heterocycles. The van der Waals surface area contributed by atoms with Crippen molar-refractivity contribution in [3.63, 3.8) is 0 Å². The molecule has 5 atom stereocenters. The largest absolute Gasteiger partial charge is 0.481 e. The number of guanidine groups is 1. The van der Waals surface area contributed by atoms with E-state index in [4.69, 9.17) is 28.0 Å². The Kier molecular flexibility index (Phi) is 14.9.